The molecular formula is C12H17NO. The van der Waals surface area contributed by atoms with Gasteiger partial charge in [0, 0.05) is 19.2 Å². The van der Waals surface area contributed by atoms with E-state index in [1.807, 2.05) is 6.07 Å². The van der Waals surface area contributed by atoms with E-state index >= 15 is 0 Å². The molecule has 1 fully saturated rings. The molecule has 1 aliphatic rings. The minimum absolute atomic E-state index is 0.545. The monoisotopic (exact) mass is 191 g/mol. The SMILES string of the molecule is c1ccc(CNC2CCCOC2)cc1. The zero-order valence-electron chi connectivity index (χ0n) is 8.41. The minimum Gasteiger partial charge on any atom is -0.380 e. The zero-order valence-corrected chi connectivity index (χ0v) is 8.41. The Balaban J connectivity index is 1.76. The van der Waals surface area contributed by atoms with Gasteiger partial charge in [-0.05, 0) is 18.4 Å². The van der Waals surface area contributed by atoms with Crippen LogP contribution in [0.25, 0.3) is 0 Å². The Bertz CT molecular complexity index is 254. The number of hydrogen-bond donors (Lipinski definition) is 1. The largest absolute Gasteiger partial charge is 0.380 e. The first-order chi connectivity index (χ1) is 6.95. The lowest BCUT2D eigenvalue weighted by atomic mass is 10.1. The van der Waals surface area contributed by atoms with Gasteiger partial charge >= 0.3 is 0 Å². The fraction of sp³-hybridized carbons (Fsp3) is 0.500. The molecule has 2 heteroatoms. The summed E-state index contributed by atoms with van der Waals surface area (Å²) in [5.41, 5.74) is 1.35. The molecule has 0 radical (unpaired) electrons. The molecule has 1 unspecified atom stereocenters. The first kappa shape index (κ1) is 9.69. The summed E-state index contributed by atoms with van der Waals surface area (Å²) in [6.07, 6.45) is 2.43. The summed E-state index contributed by atoms with van der Waals surface area (Å²) in [4.78, 5) is 0. The van der Waals surface area contributed by atoms with E-state index in [1.165, 1.54) is 18.4 Å². The van der Waals surface area contributed by atoms with Gasteiger partial charge in [-0.25, -0.2) is 0 Å². The van der Waals surface area contributed by atoms with Gasteiger partial charge in [0.2, 0.25) is 0 Å². The van der Waals surface area contributed by atoms with E-state index in [0.29, 0.717) is 6.04 Å². The third kappa shape index (κ3) is 2.82. The van der Waals surface area contributed by atoms with Crippen molar-refractivity contribution in [3.8, 4) is 0 Å². The second kappa shape index (κ2) is 5.13. The number of nitrogens with one attached hydrogen (secondary N) is 1. The molecule has 2 rings (SSSR count). The maximum absolute atomic E-state index is 5.41. The molecule has 1 aromatic carbocycles. The summed E-state index contributed by atoms with van der Waals surface area (Å²) in [5, 5.41) is 3.51. The van der Waals surface area contributed by atoms with Crippen LogP contribution in [0.4, 0.5) is 0 Å². The predicted molar refractivity (Wildman–Crippen MR) is 57.1 cm³/mol. The lowest BCUT2D eigenvalue weighted by Gasteiger charge is -2.23. The highest BCUT2D eigenvalue weighted by Gasteiger charge is 2.12. The topological polar surface area (TPSA) is 21.3 Å². The molecule has 0 aliphatic carbocycles. The highest BCUT2D eigenvalue weighted by molar-refractivity contribution is 5.14. The van der Waals surface area contributed by atoms with Crippen LogP contribution in [0.1, 0.15) is 18.4 Å². The van der Waals surface area contributed by atoms with E-state index in [-0.39, 0.29) is 0 Å². The summed E-state index contributed by atoms with van der Waals surface area (Å²) in [5.74, 6) is 0. The molecular weight excluding hydrogens is 174 g/mol. The Labute approximate surface area is 85.3 Å². The lowest BCUT2D eigenvalue weighted by Crippen LogP contribution is -2.36. The van der Waals surface area contributed by atoms with E-state index in [1.54, 1.807) is 0 Å². The molecule has 0 amide bonds. The lowest BCUT2D eigenvalue weighted by molar-refractivity contribution is 0.0699. The summed E-state index contributed by atoms with van der Waals surface area (Å²) in [6, 6.07) is 11.0. The van der Waals surface area contributed by atoms with Gasteiger partial charge in [0.25, 0.3) is 0 Å². The van der Waals surface area contributed by atoms with Gasteiger partial charge in [-0.15, -0.1) is 0 Å². The van der Waals surface area contributed by atoms with Crippen LogP contribution < -0.4 is 5.32 Å². The van der Waals surface area contributed by atoms with Crippen LogP contribution in [0.15, 0.2) is 30.3 Å². The smallest absolute Gasteiger partial charge is 0.0619 e. The van der Waals surface area contributed by atoms with Gasteiger partial charge in [-0.3, -0.25) is 0 Å². The molecule has 1 atom stereocenters. The third-order valence-corrected chi connectivity index (χ3v) is 2.60. The van der Waals surface area contributed by atoms with Gasteiger partial charge in [0.05, 0.1) is 6.61 Å². The average Bonchev–Trinajstić information content (AvgIpc) is 2.29. The molecule has 1 N–H and O–H groups in total. The standard InChI is InChI=1S/C12H17NO/c1-2-5-11(6-3-1)9-13-12-7-4-8-14-10-12/h1-3,5-6,12-13H,4,7-10H2. The molecule has 1 aliphatic heterocycles. The van der Waals surface area contributed by atoms with Crippen LogP contribution >= 0.6 is 0 Å². The molecule has 1 heterocycles. The summed E-state index contributed by atoms with van der Waals surface area (Å²) < 4.78 is 5.41. The molecule has 0 aromatic heterocycles. The van der Waals surface area contributed by atoms with Crippen molar-refractivity contribution in [1.82, 2.24) is 5.32 Å². The first-order valence-electron chi connectivity index (χ1n) is 5.30. The maximum Gasteiger partial charge on any atom is 0.0619 e. The van der Waals surface area contributed by atoms with Crippen LogP contribution in [0, 0.1) is 0 Å². The molecule has 0 spiro atoms. The van der Waals surface area contributed by atoms with E-state index in [4.69, 9.17) is 4.74 Å². The van der Waals surface area contributed by atoms with Crippen LogP contribution in [0.3, 0.4) is 0 Å². The summed E-state index contributed by atoms with van der Waals surface area (Å²) in [6.45, 7) is 2.76. The Hall–Kier alpha value is -0.860. The molecule has 1 aromatic rings. The molecule has 76 valence electrons. The van der Waals surface area contributed by atoms with Gasteiger partial charge in [0.15, 0.2) is 0 Å². The first-order valence-corrected chi connectivity index (χ1v) is 5.30. The van der Waals surface area contributed by atoms with Crippen molar-refractivity contribution in [2.24, 2.45) is 0 Å². The Kier molecular flexibility index (Phi) is 3.55. The van der Waals surface area contributed by atoms with Crippen molar-refractivity contribution in [2.45, 2.75) is 25.4 Å². The van der Waals surface area contributed by atoms with E-state index in [9.17, 15) is 0 Å². The van der Waals surface area contributed by atoms with Crippen LogP contribution in [-0.4, -0.2) is 19.3 Å². The Morgan fingerprint density at radius 1 is 1.29 bits per heavy atom. The van der Waals surface area contributed by atoms with Gasteiger partial charge < -0.3 is 10.1 Å². The maximum atomic E-state index is 5.41. The second-order valence-corrected chi connectivity index (χ2v) is 3.78. The zero-order chi connectivity index (χ0) is 9.64. The number of rotatable bonds is 3. The summed E-state index contributed by atoms with van der Waals surface area (Å²) in [7, 11) is 0. The predicted octanol–water partition coefficient (Wildman–Crippen LogP) is 1.96. The normalized spacial score (nSPS) is 22.1. The molecule has 0 saturated carbocycles. The fourth-order valence-corrected chi connectivity index (χ4v) is 1.76. The van der Waals surface area contributed by atoms with Crippen LogP contribution in [0.5, 0.6) is 0 Å². The number of benzene rings is 1. The Morgan fingerprint density at radius 2 is 2.14 bits per heavy atom. The molecule has 2 nitrogen and oxygen atoms in total. The Morgan fingerprint density at radius 3 is 2.86 bits per heavy atom. The quantitative estimate of drug-likeness (QED) is 0.788. The van der Waals surface area contributed by atoms with E-state index in [2.05, 4.69) is 29.6 Å². The van der Waals surface area contributed by atoms with Crippen molar-refractivity contribution in [2.75, 3.05) is 13.2 Å². The number of hydrogen-bond acceptors (Lipinski definition) is 2. The van der Waals surface area contributed by atoms with Gasteiger partial charge in [0.1, 0.15) is 0 Å². The highest BCUT2D eigenvalue weighted by Crippen LogP contribution is 2.07. The van der Waals surface area contributed by atoms with Crippen molar-refractivity contribution >= 4 is 0 Å². The van der Waals surface area contributed by atoms with Gasteiger partial charge in [-0.2, -0.15) is 0 Å². The molecule has 1 saturated heterocycles. The van der Waals surface area contributed by atoms with Gasteiger partial charge in [-0.1, -0.05) is 30.3 Å². The number of ether oxygens (including phenoxy) is 1. The minimum atomic E-state index is 0.545. The van der Waals surface area contributed by atoms with E-state index < -0.39 is 0 Å². The summed E-state index contributed by atoms with van der Waals surface area (Å²) >= 11 is 0. The van der Waals surface area contributed by atoms with E-state index in [0.717, 1.165) is 19.8 Å². The molecule has 14 heavy (non-hydrogen) atoms. The van der Waals surface area contributed by atoms with Crippen molar-refractivity contribution < 1.29 is 4.74 Å². The van der Waals surface area contributed by atoms with Crippen molar-refractivity contribution in [3.63, 3.8) is 0 Å². The third-order valence-electron chi connectivity index (χ3n) is 2.60. The second-order valence-electron chi connectivity index (χ2n) is 3.78. The van der Waals surface area contributed by atoms with Crippen LogP contribution in [0.2, 0.25) is 0 Å². The van der Waals surface area contributed by atoms with Crippen LogP contribution in [-0.2, 0) is 11.3 Å². The molecule has 0 bridgehead atoms. The van der Waals surface area contributed by atoms with Crippen molar-refractivity contribution in [1.29, 1.82) is 0 Å². The average molecular weight is 191 g/mol. The highest BCUT2D eigenvalue weighted by atomic mass is 16.5. The van der Waals surface area contributed by atoms with Crippen molar-refractivity contribution in [3.05, 3.63) is 35.9 Å². The fourth-order valence-electron chi connectivity index (χ4n) is 1.76.